The molecule has 2 heterocycles. The van der Waals surface area contributed by atoms with Gasteiger partial charge in [0.1, 0.15) is 11.3 Å². The van der Waals surface area contributed by atoms with Crippen LogP contribution in [-0.2, 0) is 12.8 Å². The van der Waals surface area contributed by atoms with Crippen molar-refractivity contribution in [2.24, 2.45) is 0 Å². The Balaban J connectivity index is 1.66. The van der Waals surface area contributed by atoms with Crippen LogP contribution in [0.3, 0.4) is 0 Å². The molecule has 0 aliphatic carbocycles. The van der Waals surface area contributed by atoms with Crippen molar-refractivity contribution in [2.45, 2.75) is 32.3 Å². The molecule has 0 radical (unpaired) electrons. The van der Waals surface area contributed by atoms with Gasteiger partial charge in [0, 0.05) is 19.5 Å². The smallest absolute Gasteiger partial charge is 0.349 e. The zero-order chi connectivity index (χ0) is 17.1. The Labute approximate surface area is 140 Å². The first kappa shape index (κ1) is 16.5. The lowest BCUT2D eigenvalue weighted by Crippen LogP contribution is -2.54. The van der Waals surface area contributed by atoms with Crippen molar-refractivity contribution < 1.29 is 14.3 Å². The summed E-state index contributed by atoms with van der Waals surface area (Å²) in [6, 6.07) is 11.9. The molecule has 1 fully saturated rings. The predicted molar refractivity (Wildman–Crippen MR) is 90.1 cm³/mol. The number of aliphatic hydroxyl groups excluding tert-OH is 1. The van der Waals surface area contributed by atoms with Gasteiger partial charge in [-0.15, -0.1) is 0 Å². The van der Waals surface area contributed by atoms with E-state index in [0.717, 1.165) is 12.8 Å². The largest absolute Gasteiger partial charge is 0.427 e. The SMILES string of the molecule is Cc1cc(CCCc2ccccc2)oc(=O)c1C(=O)N1CC(O)C1. The van der Waals surface area contributed by atoms with Crippen molar-refractivity contribution in [3.63, 3.8) is 0 Å². The molecule has 126 valence electrons. The van der Waals surface area contributed by atoms with E-state index in [4.69, 9.17) is 4.42 Å². The lowest BCUT2D eigenvalue weighted by Gasteiger charge is -2.35. The van der Waals surface area contributed by atoms with Crippen molar-refractivity contribution in [3.8, 4) is 0 Å². The van der Waals surface area contributed by atoms with Crippen LogP contribution in [0.5, 0.6) is 0 Å². The molecule has 2 aromatic rings. The molecule has 24 heavy (non-hydrogen) atoms. The molecule has 1 aromatic carbocycles. The lowest BCUT2D eigenvalue weighted by atomic mass is 10.0. The first-order valence-corrected chi connectivity index (χ1v) is 8.19. The van der Waals surface area contributed by atoms with Gasteiger partial charge >= 0.3 is 5.63 Å². The molecule has 1 aromatic heterocycles. The standard InChI is InChI=1S/C19H21NO4/c1-13-10-16(9-5-8-14-6-3-2-4-7-14)24-19(23)17(13)18(22)20-11-15(21)12-20/h2-4,6-7,10,15,21H,5,8-9,11-12H2,1H3. The van der Waals surface area contributed by atoms with Crippen LogP contribution in [0.25, 0.3) is 0 Å². The molecule has 5 nitrogen and oxygen atoms in total. The third-order valence-electron chi connectivity index (χ3n) is 4.29. The van der Waals surface area contributed by atoms with E-state index in [1.807, 2.05) is 18.2 Å². The summed E-state index contributed by atoms with van der Waals surface area (Å²) in [7, 11) is 0. The van der Waals surface area contributed by atoms with Gasteiger partial charge in [-0.05, 0) is 37.0 Å². The Bertz CT molecular complexity index is 776. The van der Waals surface area contributed by atoms with Crippen LogP contribution in [0.15, 0.2) is 45.6 Å². The van der Waals surface area contributed by atoms with E-state index in [1.54, 1.807) is 13.0 Å². The molecule has 1 N–H and O–H groups in total. The monoisotopic (exact) mass is 327 g/mol. The fraction of sp³-hybridized carbons (Fsp3) is 0.368. The topological polar surface area (TPSA) is 70.8 Å². The maximum Gasteiger partial charge on any atom is 0.349 e. The molecule has 1 aliphatic rings. The highest BCUT2D eigenvalue weighted by Gasteiger charge is 2.32. The lowest BCUT2D eigenvalue weighted by molar-refractivity contribution is 0.00552. The highest BCUT2D eigenvalue weighted by Crippen LogP contribution is 2.16. The normalized spacial score (nSPS) is 14.5. The molecule has 0 unspecified atom stereocenters. The van der Waals surface area contributed by atoms with Crippen LogP contribution in [0.4, 0.5) is 0 Å². The number of likely N-dealkylation sites (tertiary alicyclic amines) is 1. The average molecular weight is 327 g/mol. The van der Waals surface area contributed by atoms with Crippen LogP contribution in [0.2, 0.25) is 0 Å². The van der Waals surface area contributed by atoms with Crippen molar-refractivity contribution in [3.05, 3.63) is 69.3 Å². The van der Waals surface area contributed by atoms with E-state index in [0.29, 0.717) is 17.7 Å². The molecule has 3 rings (SSSR count). The summed E-state index contributed by atoms with van der Waals surface area (Å²) in [4.78, 5) is 25.9. The fourth-order valence-electron chi connectivity index (χ4n) is 2.94. The van der Waals surface area contributed by atoms with Gasteiger partial charge in [0.2, 0.25) is 0 Å². The van der Waals surface area contributed by atoms with Crippen molar-refractivity contribution in [1.29, 1.82) is 0 Å². The number of carbonyl (C=O) groups excluding carboxylic acids is 1. The van der Waals surface area contributed by atoms with E-state index in [2.05, 4.69) is 12.1 Å². The number of hydrogen-bond donors (Lipinski definition) is 1. The van der Waals surface area contributed by atoms with Crippen LogP contribution in [0.1, 0.15) is 33.7 Å². The number of benzene rings is 1. The minimum Gasteiger partial charge on any atom is -0.427 e. The Morgan fingerprint density at radius 1 is 1.25 bits per heavy atom. The second kappa shape index (κ2) is 7.01. The van der Waals surface area contributed by atoms with Gasteiger partial charge < -0.3 is 14.4 Å². The molecule has 1 saturated heterocycles. The minimum atomic E-state index is -0.587. The highest BCUT2D eigenvalue weighted by atomic mass is 16.4. The Morgan fingerprint density at radius 3 is 2.58 bits per heavy atom. The van der Waals surface area contributed by atoms with Gasteiger partial charge in [-0.1, -0.05) is 30.3 Å². The molecule has 0 spiro atoms. The minimum absolute atomic E-state index is 0.0775. The van der Waals surface area contributed by atoms with E-state index in [-0.39, 0.29) is 24.6 Å². The van der Waals surface area contributed by atoms with E-state index < -0.39 is 11.7 Å². The Hall–Kier alpha value is -2.40. The quantitative estimate of drug-likeness (QED) is 0.911. The maximum atomic E-state index is 12.3. The highest BCUT2D eigenvalue weighted by molar-refractivity contribution is 5.95. The second-order valence-electron chi connectivity index (χ2n) is 6.26. The average Bonchev–Trinajstić information content (AvgIpc) is 2.52. The van der Waals surface area contributed by atoms with E-state index in [9.17, 15) is 14.7 Å². The first-order chi connectivity index (χ1) is 11.5. The molecule has 0 saturated carbocycles. The van der Waals surface area contributed by atoms with Crippen molar-refractivity contribution in [2.75, 3.05) is 13.1 Å². The number of carbonyl (C=O) groups is 1. The number of aryl methyl sites for hydroxylation is 3. The van der Waals surface area contributed by atoms with Crippen LogP contribution in [0, 0.1) is 6.92 Å². The zero-order valence-electron chi connectivity index (χ0n) is 13.7. The summed E-state index contributed by atoms with van der Waals surface area (Å²) in [6.45, 7) is 2.30. The molecule has 0 bridgehead atoms. The van der Waals surface area contributed by atoms with Gasteiger partial charge in [0.15, 0.2) is 0 Å². The summed E-state index contributed by atoms with van der Waals surface area (Å²) in [5.41, 5.74) is 1.37. The zero-order valence-corrected chi connectivity index (χ0v) is 13.7. The number of nitrogens with zero attached hydrogens (tertiary/aromatic N) is 1. The van der Waals surface area contributed by atoms with E-state index in [1.165, 1.54) is 10.5 Å². The van der Waals surface area contributed by atoms with Gasteiger partial charge in [-0.25, -0.2) is 4.79 Å². The van der Waals surface area contributed by atoms with Crippen molar-refractivity contribution in [1.82, 2.24) is 4.90 Å². The predicted octanol–water partition coefficient (Wildman–Crippen LogP) is 1.94. The first-order valence-electron chi connectivity index (χ1n) is 8.19. The second-order valence-corrected chi connectivity index (χ2v) is 6.26. The summed E-state index contributed by atoms with van der Waals surface area (Å²) >= 11 is 0. The molecular weight excluding hydrogens is 306 g/mol. The molecule has 5 heteroatoms. The number of β-amino-alcohol motifs (C(OH)–C–C–N with tert-alkyl or cyclic N) is 1. The third kappa shape index (κ3) is 3.57. The van der Waals surface area contributed by atoms with Gasteiger partial charge in [-0.2, -0.15) is 0 Å². The van der Waals surface area contributed by atoms with Crippen LogP contribution >= 0.6 is 0 Å². The van der Waals surface area contributed by atoms with Gasteiger partial charge in [0.05, 0.1) is 6.10 Å². The fourth-order valence-corrected chi connectivity index (χ4v) is 2.94. The molecule has 1 aliphatic heterocycles. The molecule has 1 amide bonds. The summed E-state index contributed by atoms with van der Waals surface area (Å²) in [5, 5.41) is 9.29. The van der Waals surface area contributed by atoms with Gasteiger partial charge in [-0.3, -0.25) is 4.79 Å². The number of hydrogen-bond acceptors (Lipinski definition) is 4. The summed E-state index contributed by atoms with van der Waals surface area (Å²) in [6.07, 6.45) is 1.95. The summed E-state index contributed by atoms with van der Waals surface area (Å²) in [5.74, 6) is 0.246. The van der Waals surface area contributed by atoms with Crippen LogP contribution in [-0.4, -0.2) is 35.1 Å². The molecular formula is C19H21NO4. The number of rotatable bonds is 5. The number of aliphatic hydroxyl groups is 1. The Kier molecular flexibility index (Phi) is 4.81. The van der Waals surface area contributed by atoms with Gasteiger partial charge in [0.25, 0.3) is 5.91 Å². The summed E-state index contributed by atoms with van der Waals surface area (Å²) < 4.78 is 5.33. The number of amides is 1. The van der Waals surface area contributed by atoms with Crippen LogP contribution < -0.4 is 5.63 Å². The van der Waals surface area contributed by atoms with Crippen molar-refractivity contribution >= 4 is 5.91 Å². The Morgan fingerprint density at radius 2 is 1.96 bits per heavy atom. The van der Waals surface area contributed by atoms with E-state index >= 15 is 0 Å². The maximum absolute atomic E-state index is 12.3. The third-order valence-corrected chi connectivity index (χ3v) is 4.29. The molecule has 0 atom stereocenters.